The van der Waals surface area contributed by atoms with Gasteiger partial charge < -0.3 is 4.74 Å². The van der Waals surface area contributed by atoms with Gasteiger partial charge >= 0.3 is 6.18 Å². The summed E-state index contributed by atoms with van der Waals surface area (Å²) in [7, 11) is 0. The molecule has 1 fully saturated rings. The third-order valence-corrected chi connectivity index (χ3v) is 3.31. The minimum absolute atomic E-state index is 0.0883. The number of hydrogen-bond donors (Lipinski definition) is 0. The fourth-order valence-corrected chi connectivity index (χ4v) is 2.08. The van der Waals surface area contributed by atoms with E-state index in [4.69, 9.17) is 16.3 Å². The summed E-state index contributed by atoms with van der Waals surface area (Å²) in [5, 5.41) is 0.520. The van der Waals surface area contributed by atoms with Crippen LogP contribution in [0.1, 0.15) is 24.1 Å². The Morgan fingerprint density at radius 2 is 1.67 bits per heavy atom. The Bertz CT molecular complexity index is 651. The first-order valence-corrected chi connectivity index (χ1v) is 6.68. The van der Waals surface area contributed by atoms with Crippen molar-refractivity contribution < 1.29 is 17.9 Å². The molecule has 1 saturated carbocycles. The maximum atomic E-state index is 13.1. The largest absolute Gasteiger partial charge is 0.439 e. The molecule has 1 radical (unpaired) electrons. The molecule has 109 valence electrons. The molecule has 3 rings (SSSR count). The maximum absolute atomic E-state index is 13.1. The Morgan fingerprint density at radius 1 is 1.00 bits per heavy atom. The smallest absolute Gasteiger partial charge is 0.433 e. The van der Waals surface area contributed by atoms with Crippen LogP contribution in [0.4, 0.5) is 13.2 Å². The molecule has 0 bridgehead atoms. The molecular weight excluding hydrogens is 303 g/mol. The van der Waals surface area contributed by atoms with Gasteiger partial charge in [-0.25, -0.2) is 4.98 Å². The molecule has 0 N–H and O–H groups in total. The van der Waals surface area contributed by atoms with E-state index in [9.17, 15) is 13.2 Å². The highest BCUT2D eigenvalue weighted by Gasteiger charge is 2.40. The molecule has 2 nitrogen and oxygen atoms in total. The third-order valence-electron chi connectivity index (χ3n) is 3.06. The van der Waals surface area contributed by atoms with E-state index in [0.29, 0.717) is 23.6 Å². The van der Waals surface area contributed by atoms with Crippen LogP contribution >= 0.6 is 11.6 Å². The average molecular weight is 313 g/mol. The topological polar surface area (TPSA) is 22.1 Å². The van der Waals surface area contributed by atoms with Crippen LogP contribution in [0.3, 0.4) is 0 Å². The highest BCUT2D eigenvalue weighted by molar-refractivity contribution is 6.30. The van der Waals surface area contributed by atoms with Crippen molar-refractivity contribution >= 4 is 11.6 Å². The molecule has 1 aromatic carbocycles. The summed E-state index contributed by atoms with van der Waals surface area (Å²) in [4.78, 5) is 3.62. The zero-order chi connectivity index (χ0) is 15.0. The van der Waals surface area contributed by atoms with Crippen LogP contribution in [0.15, 0.2) is 36.4 Å². The van der Waals surface area contributed by atoms with E-state index in [2.05, 4.69) is 4.98 Å². The molecule has 1 aliphatic carbocycles. The summed E-state index contributed by atoms with van der Waals surface area (Å²) in [5.74, 6) is 1.08. The molecule has 1 aromatic heterocycles. The second kappa shape index (κ2) is 5.22. The molecule has 0 spiro atoms. The predicted octanol–water partition coefficient (Wildman–Crippen LogP) is 5.26. The number of hydrogen-bond acceptors (Lipinski definition) is 2. The molecule has 2 aromatic rings. The van der Waals surface area contributed by atoms with Gasteiger partial charge in [0.25, 0.3) is 0 Å². The number of benzene rings is 1. The molecular formula is C15H10ClF3NO. The van der Waals surface area contributed by atoms with Crippen LogP contribution in [0.25, 0.3) is 0 Å². The van der Waals surface area contributed by atoms with E-state index in [-0.39, 0.29) is 11.4 Å². The van der Waals surface area contributed by atoms with Gasteiger partial charge in [-0.2, -0.15) is 13.2 Å². The van der Waals surface area contributed by atoms with E-state index in [1.165, 1.54) is 12.1 Å². The number of ether oxygens (including phenoxy) is 1. The summed E-state index contributed by atoms with van der Waals surface area (Å²) in [6, 6.07) is 9.20. The number of nitrogens with zero attached hydrogens (tertiary/aromatic N) is 1. The number of rotatable bonds is 3. The standard InChI is InChI=1S/C15H10ClF3NO/c16-10-3-5-11(6-4-10)21-13-8-7-12(9-1-2-9)14(20-13)15(17,18)19/h3-8H,1-2H2. The normalized spacial score (nSPS) is 15.0. The third kappa shape index (κ3) is 3.29. The molecule has 1 aliphatic rings. The van der Waals surface area contributed by atoms with Gasteiger partial charge in [0.1, 0.15) is 5.75 Å². The second-order valence-corrected chi connectivity index (χ2v) is 5.14. The Morgan fingerprint density at radius 3 is 2.24 bits per heavy atom. The quantitative estimate of drug-likeness (QED) is 0.771. The van der Waals surface area contributed by atoms with E-state index in [0.717, 1.165) is 5.92 Å². The van der Waals surface area contributed by atoms with Crippen molar-refractivity contribution in [2.24, 2.45) is 0 Å². The van der Waals surface area contributed by atoms with Crippen molar-refractivity contribution in [3.05, 3.63) is 58.6 Å². The van der Waals surface area contributed by atoms with Gasteiger partial charge in [-0.15, -0.1) is 0 Å². The van der Waals surface area contributed by atoms with Gasteiger partial charge in [-0.05, 0) is 42.7 Å². The van der Waals surface area contributed by atoms with Crippen molar-refractivity contribution in [1.29, 1.82) is 0 Å². The van der Waals surface area contributed by atoms with E-state index in [1.54, 1.807) is 24.3 Å². The van der Waals surface area contributed by atoms with Crippen LogP contribution in [-0.2, 0) is 6.18 Å². The van der Waals surface area contributed by atoms with E-state index in [1.807, 2.05) is 0 Å². The fraction of sp³-hybridized carbons (Fsp3) is 0.200. The molecule has 0 unspecified atom stereocenters. The fourth-order valence-electron chi connectivity index (χ4n) is 1.95. The lowest BCUT2D eigenvalue weighted by molar-refractivity contribution is -0.141. The Balaban J connectivity index is 1.91. The summed E-state index contributed by atoms with van der Waals surface area (Å²) in [5.41, 5.74) is -0.715. The van der Waals surface area contributed by atoms with Crippen molar-refractivity contribution in [3.8, 4) is 11.6 Å². The number of alkyl halides is 3. The van der Waals surface area contributed by atoms with Gasteiger partial charge in [-0.3, -0.25) is 0 Å². The minimum atomic E-state index is -4.50. The van der Waals surface area contributed by atoms with Gasteiger partial charge in [0.15, 0.2) is 5.69 Å². The van der Waals surface area contributed by atoms with E-state index < -0.39 is 11.9 Å². The minimum Gasteiger partial charge on any atom is -0.439 e. The number of aromatic nitrogens is 1. The highest BCUT2D eigenvalue weighted by Crippen LogP contribution is 2.45. The molecule has 0 aliphatic heterocycles. The summed E-state index contributed by atoms with van der Waals surface area (Å²) >= 11 is 5.74. The monoisotopic (exact) mass is 312 g/mol. The van der Waals surface area contributed by atoms with Gasteiger partial charge in [0.05, 0.1) is 0 Å². The molecule has 1 heterocycles. The van der Waals surface area contributed by atoms with Crippen LogP contribution < -0.4 is 4.74 Å². The summed E-state index contributed by atoms with van der Waals surface area (Å²) in [6.45, 7) is 0. The lowest BCUT2D eigenvalue weighted by Gasteiger charge is -2.13. The van der Waals surface area contributed by atoms with Crippen molar-refractivity contribution in [1.82, 2.24) is 4.98 Å². The lowest BCUT2D eigenvalue weighted by atomic mass is 10.1. The van der Waals surface area contributed by atoms with Crippen molar-refractivity contribution in [2.75, 3.05) is 0 Å². The molecule has 0 saturated heterocycles. The predicted molar refractivity (Wildman–Crippen MR) is 72.3 cm³/mol. The SMILES string of the molecule is FC(F)(F)c1nc(Oc2ccc(Cl)cc2)ccc1[C]1CC1. The molecule has 0 amide bonds. The Kier molecular flexibility index (Phi) is 3.53. The number of pyridine rings is 1. The van der Waals surface area contributed by atoms with Crippen LogP contribution in [0.5, 0.6) is 11.6 Å². The summed E-state index contributed by atoms with van der Waals surface area (Å²) < 4.78 is 44.5. The Hall–Kier alpha value is -1.75. The zero-order valence-electron chi connectivity index (χ0n) is 10.7. The first-order chi connectivity index (χ1) is 9.93. The molecule has 21 heavy (non-hydrogen) atoms. The second-order valence-electron chi connectivity index (χ2n) is 4.70. The lowest BCUT2D eigenvalue weighted by Crippen LogP contribution is -2.12. The zero-order valence-corrected chi connectivity index (χ0v) is 11.5. The average Bonchev–Trinajstić information content (AvgIpc) is 3.25. The Labute approximate surface area is 124 Å². The van der Waals surface area contributed by atoms with Crippen LogP contribution in [0, 0.1) is 5.92 Å². The van der Waals surface area contributed by atoms with Gasteiger partial charge in [-0.1, -0.05) is 17.7 Å². The van der Waals surface area contributed by atoms with Gasteiger partial charge in [0.2, 0.25) is 5.88 Å². The van der Waals surface area contributed by atoms with Crippen molar-refractivity contribution in [3.63, 3.8) is 0 Å². The number of halogens is 4. The van der Waals surface area contributed by atoms with Crippen LogP contribution in [0.2, 0.25) is 5.02 Å². The van der Waals surface area contributed by atoms with Gasteiger partial charge in [0, 0.05) is 17.0 Å². The van der Waals surface area contributed by atoms with E-state index >= 15 is 0 Å². The summed E-state index contributed by atoms with van der Waals surface area (Å²) in [6.07, 6.45) is -3.10. The first kappa shape index (κ1) is 14.2. The molecule has 0 atom stereocenters. The maximum Gasteiger partial charge on any atom is 0.433 e. The van der Waals surface area contributed by atoms with Crippen molar-refractivity contribution in [2.45, 2.75) is 19.0 Å². The van der Waals surface area contributed by atoms with Crippen LogP contribution in [-0.4, -0.2) is 4.98 Å². The first-order valence-electron chi connectivity index (χ1n) is 6.30. The molecule has 6 heteroatoms. The highest BCUT2D eigenvalue weighted by atomic mass is 35.5.